The molecular weight excluding hydrogens is 629 g/mol. The van der Waals surface area contributed by atoms with Crippen LogP contribution in [0.25, 0.3) is 6.08 Å². The molecular formula is C26H27ClIN3O5S. The molecule has 37 heavy (non-hydrogen) atoms. The van der Waals surface area contributed by atoms with Gasteiger partial charge in [0.15, 0.2) is 9.84 Å². The van der Waals surface area contributed by atoms with E-state index in [1.54, 1.807) is 41.3 Å². The number of ether oxygens (including phenoxy) is 1. The van der Waals surface area contributed by atoms with Crippen molar-refractivity contribution in [3.05, 3.63) is 85.4 Å². The van der Waals surface area contributed by atoms with Gasteiger partial charge in [-0.15, -0.1) is 0 Å². The number of hydrogen-bond acceptors (Lipinski definition) is 5. The molecule has 2 amide bonds. The van der Waals surface area contributed by atoms with E-state index in [2.05, 4.69) is 16.9 Å². The Kier molecular flexibility index (Phi) is 8.62. The highest BCUT2D eigenvalue weighted by Gasteiger charge is 2.35. The number of nitrogens with one attached hydrogen (secondary N) is 2. The summed E-state index contributed by atoms with van der Waals surface area (Å²) in [7, 11) is -3.64. The molecule has 1 atom stereocenters. The SMILES string of the molecule is C=CC=C(I)C(=CCl)CS(=O)(=O)C1C=C2C(=CC1)NC(=O)C2=Cc1[nH]c(C)cc1C(=O)N1CCOCC1. The fourth-order valence-electron chi connectivity index (χ4n) is 4.42. The quantitative estimate of drug-likeness (QED) is 0.263. The standard InChI is InChI=1S/C26H27ClIN3O5S/c1-3-4-22(28)17(14-27)15-37(34,35)18-5-6-23-19(12-18)20(25(32)30-23)13-24-21(11-16(2)29-24)26(33)31-7-9-36-10-8-31/h3-4,6,11-14,18,29H,1,5,7-10,15H2,2H3,(H,30,32). The Bertz CT molecular complexity index is 1390. The number of aromatic nitrogens is 1. The number of amides is 2. The van der Waals surface area contributed by atoms with Gasteiger partial charge >= 0.3 is 0 Å². The van der Waals surface area contributed by atoms with Crippen LogP contribution in [-0.4, -0.2) is 67.4 Å². The lowest BCUT2D eigenvalue weighted by Gasteiger charge is -2.26. The number of halogens is 2. The van der Waals surface area contributed by atoms with Crippen molar-refractivity contribution in [2.75, 3.05) is 32.1 Å². The number of carbonyl (C=O) groups excluding carboxylic acids is 2. The first-order chi connectivity index (χ1) is 17.6. The number of sulfone groups is 1. The van der Waals surface area contributed by atoms with Gasteiger partial charge in [0.1, 0.15) is 0 Å². The van der Waals surface area contributed by atoms with Crippen LogP contribution in [0.15, 0.2) is 68.5 Å². The van der Waals surface area contributed by atoms with Crippen LogP contribution < -0.4 is 5.32 Å². The molecule has 3 aliphatic rings. The van der Waals surface area contributed by atoms with Gasteiger partial charge in [-0.25, -0.2) is 8.42 Å². The average molecular weight is 656 g/mol. The summed E-state index contributed by atoms with van der Waals surface area (Å²) in [5.74, 6) is -0.739. The Hall–Kier alpha value is -2.41. The zero-order valence-corrected chi connectivity index (χ0v) is 24.0. The topological polar surface area (TPSA) is 109 Å². The zero-order chi connectivity index (χ0) is 26.7. The third-order valence-electron chi connectivity index (χ3n) is 6.30. The van der Waals surface area contributed by atoms with Crippen molar-refractivity contribution in [2.24, 2.45) is 0 Å². The van der Waals surface area contributed by atoms with Crippen LogP contribution >= 0.6 is 34.2 Å². The van der Waals surface area contributed by atoms with Crippen LogP contribution in [0.5, 0.6) is 0 Å². The normalized spacial score (nSPS) is 21.9. The highest BCUT2D eigenvalue weighted by molar-refractivity contribution is 14.1. The van der Waals surface area contributed by atoms with Crippen LogP contribution in [0, 0.1) is 6.92 Å². The summed E-state index contributed by atoms with van der Waals surface area (Å²) in [6.45, 7) is 7.43. The number of carbonyl (C=O) groups is 2. The molecule has 0 bridgehead atoms. The van der Waals surface area contributed by atoms with Crippen molar-refractivity contribution in [3.63, 3.8) is 0 Å². The first-order valence-corrected chi connectivity index (χ1v) is 14.9. The predicted molar refractivity (Wildman–Crippen MR) is 153 cm³/mol. The maximum Gasteiger partial charge on any atom is 0.256 e. The lowest BCUT2D eigenvalue weighted by atomic mass is 9.98. The summed E-state index contributed by atoms with van der Waals surface area (Å²) in [4.78, 5) is 31.0. The predicted octanol–water partition coefficient (Wildman–Crippen LogP) is 3.93. The molecule has 0 radical (unpaired) electrons. The Morgan fingerprint density at radius 3 is 2.76 bits per heavy atom. The van der Waals surface area contributed by atoms with E-state index in [1.165, 1.54) is 5.54 Å². The minimum Gasteiger partial charge on any atom is -0.378 e. The number of rotatable bonds is 7. The Labute approximate surface area is 234 Å². The molecule has 0 spiro atoms. The van der Waals surface area contributed by atoms with Crippen molar-refractivity contribution in [1.82, 2.24) is 15.2 Å². The molecule has 4 rings (SSSR count). The van der Waals surface area contributed by atoms with Crippen molar-refractivity contribution in [1.29, 1.82) is 0 Å². The summed E-state index contributed by atoms with van der Waals surface area (Å²) in [5.41, 5.74) is 4.86. The maximum absolute atomic E-state index is 13.3. The van der Waals surface area contributed by atoms with Crippen LogP contribution in [0.1, 0.15) is 28.2 Å². The van der Waals surface area contributed by atoms with Gasteiger partial charge in [-0.05, 0) is 59.7 Å². The van der Waals surface area contributed by atoms with Crippen LogP contribution in [-0.2, 0) is 19.4 Å². The highest BCUT2D eigenvalue weighted by atomic mass is 127. The lowest BCUT2D eigenvalue weighted by Crippen LogP contribution is -2.40. The summed E-state index contributed by atoms with van der Waals surface area (Å²) in [6.07, 6.45) is 8.45. The fraction of sp³-hybridized carbons (Fsp3) is 0.308. The van der Waals surface area contributed by atoms with Crippen molar-refractivity contribution in [2.45, 2.75) is 18.6 Å². The van der Waals surface area contributed by atoms with Crippen LogP contribution in [0.3, 0.4) is 0 Å². The minimum atomic E-state index is -3.64. The highest BCUT2D eigenvalue weighted by Crippen LogP contribution is 2.34. The lowest BCUT2D eigenvalue weighted by molar-refractivity contribution is -0.115. The second kappa shape index (κ2) is 11.5. The Morgan fingerprint density at radius 2 is 2.08 bits per heavy atom. The third-order valence-corrected chi connectivity index (χ3v) is 9.58. The number of morpholine rings is 1. The number of H-pyrrole nitrogens is 1. The molecule has 2 aliphatic heterocycles. The molecule has 3 heterocycles. The molecule has 2 N–H and O–H groups in total. The van der Waals surface area contributed by atoms with E-state index in [4.69, 9.17) is 16.3 Å². The Balaban J connectivity index is 1.66. The van der Waals surface area contributed by atoms with Crippen molar-refractivity contribution >= 4 is 61.9 Å². The van der Waals surface area contributed by atoms with E-state index in [0.717, 1.165) is 5.69 Å². The molecule has 1 unspecified atom stereocenters. The number of fused-ring (bicyclic) bond motifs is 1. The van der Waals surface area contributed by atoms with Gasteiger partial charge < -0.3 is 19.9 Å². The maximum atomic E-state index is 13.3. The number of nitrogens with zero attached hydrogens (tertiary/aromatic N) is 1. The molecule has 11 heteroatoms. The molecule has 0 saturated carbocycles. The summed E-state index contributed by atoms with van der Waals surface area (Å²) < 4.78 is 32.6. The largest absolute Gasteiger partial charge is 0.378 e. The van der Waals surface area contributed by atoms with E-state index in [9.17, 15) is 18.0 Å². The second-order valence-corrected chi connectivity index (χ2v) is 12.5. The van der Waals surface area contributed by atoms with Crippen LogP contribution in [0.4, 0.5) is 0 Å². The minimum absolute atomic E-state index is 0.144. The van der Waals surface area contributed by atoms with Gasteiger partial charge in [0.05, 0.1) is 41.0 Å². The fourth-order valence-corrected chi connectivity index (χ4v) is 7.36. The average Bonchev–Trinajstić information content (AvgIpc) is 3.41. The van der Waals surface area contributed by atoms with E-state index in [0.29, 0.717) is 63.6 Å². The molecule has 1 aromatic heterocycles. The van der Waals surface area contributed by atoms with E-state index in [-0.39, 0.29) is 24.0 Å². The third kappa shape index (κ3) is 6.02. The molecule has 2 fully saturated rings. The molecule has 1 aromatic rings. The van der Waals surface area contributed by atoms with E-state index >= 15 is 0 Å². The Morgan fingerprint density at radius 1 is 1.35 bits per heavy atom. The first-order valence-electron chi connectivity index (χ1n) is 11.7. The van der Waals surface area contributed by atoms with Gasteiger partial charge in [0, 0.05) is 39.2 Å². The molecule has 0 aromatic carbocycles. The second-order valence-electron chi connectivity index (χ2n) is 8.86. The number of aromatic amines is 1. The van der Waals surface area contributed by atoms with Gasteiger partial charge in [-0.1, -0.05) is 36.4 Å². The molecule has 196 valence electrons. The molecule has 1 aliphatic carbocycles. The molecule has 2 saturated heterocycles. The zero-order valence-electron chi connectivity index (χ0n) is 20.2. The summed E-state index contributed by atoms with van der Waals surface area (Å²) in [6, 6.07) is 1.76. The molecule has 8 nitrogen and oxygen atoms in total. The van der Waals surface area contributed by atoms with Crippen molar-refractivity contribution in [3.8, 4) is 0 Å². The smallest absolute Gasteiger partial charge is 0.256 e. The van der Waals surface area contributed by atoms with Gasteiger partial charge in [0.2, 0.25) is 0 Å². The van der Waals surface area contributed by atoms with Gasteiger partial charge in [-0.2, -0.15) is 0 Å². The van der Waals surface area contributed by atoms with Crippen LogP contribution in [0.2, 0.25) is 0 Å². The number of hydrogen-bond donors (Lipinski definition) is 2. The first kappa shape index (κ1) is 27.6. The summed E-state index contributed by atoms with van der Waals surface area (Å²) in [5, 5.41) is 1.98. The number of aryl methyl sites for hydroxylation is 1. The van der Waals surface area contributed by atoms with E-state index < -0.39 is 15.1 Å². The number of allylic oxidation sites excluding steroid dienone is 5. The monoisotopic (exact) mass is 655 g/mol. The van der Waals surface area contributed by atoms with Gasteiger partial charge in [-0.3, -0.25) is 9.59 Å². The van der Waals surface area contributed by atoms with Gasteiger partial charge in [0.25, 0.3) is 11.8 Å². The summed E-state index contributed by atoms with van der Waals surface area (Å²) >= 11 is 7.95. The van der Waals surface area contributed by atoms with Crippen molar-refractivity contribution < 1.29 is 22.7 Å². The van der Waals surface area contributed by atoms with E-state index in [1.807, 2.05) is 29.5 Å².